The van der Waals surface area contributed by atoms with Gasteiger partial charge in [0.1, 0.15) is 42.9 Å². The van der Waals surface area contributed by atoms with Crippen LogP contribution in [0.25, 0.3) is 0 Å². The lowest BCUT2D eigenvalue weighted by atomic mass is 9.82. The van der Waals surface area contributed by atoms with E-state index in [4.69, 9.17) is 15.2 Å². The number of carbonyl (C=O) groups is 3. The number of aromatic hydroxyl groups is 1. The SMILES string of the molecule is N[C@H]1NC(=O)[C@H]2NCN(c3ccccc3Cc3cc4c(c(O)c3O[C@H]3O[C@@H](CO)[C@H](O)[C@@H](O)[C@@H]3O)C(=O)c3ccccc3C4=O)[C@H]2N1. The van der Waals surface area contributed by atoms with Gasteiger partial charge < -0.3 is 45.2 Å². The number of nitrogens with zero attached hydrogens (tertiary/aromatic N) is 1. The van der Waals surface area contributed by atoms with E-state index in [0.717, 1.165) is 0 Å². The summed E-state index contributed by atoms with van der Waals surface area (Å²) in [4.78, 5) is 41.8. The summed E-state index contributed by atoms with van der Waals surface area (Å²) in [6.07, 6.45) is -9.51. The molecule has 7 rings (SSSR count). The van der Waals surface area contributed by atoms with E-state index in [-0.39, 0.29) is 52.6 Å². The van der Waals surface area contributed by atoms with Crippen LogP contribution >= 0.6 is 0 Å². The number of phenolic OH excluding ortho intramolecular Hbond substituents is 1. The highest BCUT2D eigenvalue weighted by atomic mass is 16.7. The molecule has 0 saturated carbocycles. The molecule has 3 aliphatic heterocycles. The fourth-order valence-corrected chi connectivity index (χ4v) is 6.67. The number of nitrogens with two attached hydrogens (primary N) is 1. The van der Waals surface area contributed by atoms with Crippen LogP contribution in [0.3, 0.4) is 0 Å². The number of hydrogen-bond acceptors (Lipinski definition) is 14. The topological polar surface area (TPSA) is 236 Å². The van der Waals surface area contributed by atoms with Gasteiger partial charge in [0.15, 0.2) is 23.1 Å². The van der Waals surface area contributed by atoms with E-state index in [1.165, 1.54) is 18.2 Å². The fraction of sp³-hybridized carbons (Fsp3) is 0.344. The molecule has 8 atom stereocenters. The zero-order valence-corrected chi connectivity index (χ0v) is 24.7. The molecule has 3 saturated heterocycles. The predicted molar refractivity (Wildman–Crippen MR) is 162 cm³/mol. The smallest absolute Gasteiger partial charge is 0.242 e. The number of fused-ring (bicyclic) bond motifs is 3. The van der Waals surface area contributed by atoms with Crippen molar-refractivity contribution < 1.29 is 49.4 Å². The van der Waals surface area contributed by atoms with Gasteiger partial charge in [0.2, 0.25) is 12.2 Å². The first-order valence-electron chi connectivity index (χ1n) is 15.0. The Morgan fingerprint density at radius 2 is 1.62 bits per heavy atom. The second-order valence-electron chi connectivity index (χ2n) is 11.9. The number of amides is 1. The summed E-state index contributed by atoms with van der Waals surface area (Å²) in [5.74, 6) is -2.36. The lowest BCUT2D eigenvalue weighted by molar-refractivity contribution is -0.277. The minimum atomic E-state index is -1.82. The fourth-order valence-electron chi connectivity index (χ4n) is 6.67. The number of benzene rings is 3. The van der Waals surface area contributed by atoms with Crippen molar-refractivity contribution in [3.05, 3.63) is 88.0 Å². The van der Waals surface area contributed by atoms with Crippen LogP contribution in [0.15, 0.2) is 54.6 Å². The summed E-state index contributed by atoms with van der Waals surface area (Å²) in [6, 6.07) is 14.3. The molecule has 15 heteroatoms. The average Bonchev–Trinajstić information content (AvgIpc) is 3.49. The number of ether oxygens (including phenoxy) is 2. The van der Waals surface area contributed by atoms with E-state index in [9.17, 15) is 39.9 Å². The molecule has 246 valence electrons. The van der Waals surface area contributed by atoms with Crippen molar-refractivity contribution in [1.82, 2.24) is 16.0 Å². The lowest BCUT2D eigenvalue weighted by Gasteiger charge is -2.40. The van der Waals surface area contributed by atoms with Crippen LogP contribution in [0.4, 0.5) is 5.69 Å². The molecule has 0 spiro atoms. The van der Waals surface area contributed by atoms with E-state index in [1.54, 1.807) is 18.2 Å². The molecule has 1 aliphatic carbocycles. The molecule has 1 amide bonds. The monoisotopic (exact) mass is 647 g/mol. The second-order valence-corrected chi connectivity index (χ2v) is 11.9. The van der Waals surface area contributed by atoms with Gasteiger partial charge in [-0.15, -0.1) is 0 Å². The molecule has 4 aliphatic rings. The molecular formula is C32H33N5O10. The summed E-state index contributed by atoms with van der Waals surface area (Å²) in [6.45, 7) is -0.431. The maximum absolute atomic E-state index is 13.7. The maximum atomic E-state index is 13.7. The molecule has 10 N–H and O–H groups in total. The Hall–Kier alpha value is -4.45. The highest BCUT2D eigenvalue weighted by Gasteiger charge is 2.46. The molecule has 0 bridgehead atoms. The minimum Gasteiger partial charge on any atom is -0.504 e. The first kappa shape index (κ1) is 31.2. The lowest BCUT2D eigenvalue weighted by Crippen LogP contribution is -2.70. The van der Waals surface area contributed by atoms with Crippen LogP contribution in [0.1, 0.15) is 43.0 Å². The Labute approximate surface area is 267 Å². The van der Waals surface area contributed by atoms with Crippen LogP contribution in [0.5, 0.6) is 11.5 Å². The molecule has 3 fully saturated rings. The van der Waals surface area contributed by atoms with Gasteiger partial charge in [-0.2, -0.15) is 0 Å². The molecule has 0 aromatic heterocycles. The number of anilines is 1. The van der Waals surface area contributed by atoms with Crippen molar-refractivity contribution in [1.29, 1.82) is 0 Å². The van der Waals surface area contributed by atoms with Crippen LogP contribution in [-0.4, -0.2) is 105 Å². The quantitative estimate of drug-likeness (QED) is 0.110. The van der Waals surface area contributed by atoms with Gasteiger partial charge in [-0.1, -0.05) is 42.5 Å². The van der Waals surface area contributed by atoms with Crippen molar-refractivity contribution in [2.45, 2.75) is 55.6 Å². The minimum absolute atomic E-state index is 0.0129. The zero-order chi connectivity index (χ0) is 33.1. The number of hydrogen-bond donors (Lipinski definition) is 9. The molecular weight excluding hydrogens is 614 g/mol. The van der Waals surface area contributed by atoms with E-state index in [1.807, 2.05) is 23.1 Å². The first-order chi connectivity index (χ1) is 22.6. The van der Waals surface area contributed by atoms with E-state index >= 15 is 0 Å². The Kier molecular flexibility index (Phi) is 7.94. The van der Waals surface area contributed by atoms with Gasteiger partial charge in [-0.3, -0.25) is 30.8 Å². The van der Waals surface area contributed by atoms with Crippen molar-refractivity contribution in [2.24, 2.45) is 5.73 Å². The molecule has 3 heterocycles. The van der Waals surface area contributed by atoms with Crippen LogP contribution in [0, 0.1) is 0 Å². The van der Waals surface area contributed by atoms with Gasteiger partial charge in [0.25, 0.3) is 0 Å². The number of rotatable bonds is 6. The van der Waals surface area contributed by atoms with Crippen LogP contribution in [0.2, 0.25) is 0 Å². The molecule has 15 nitrogen and oxygen atoms in total. The van der Waals surface area contributed by atoms with Crippen LogP contribution < -0.4 is 31.3 Å². The normalized spacial score (nSPS) is 30.0. The van der Waals surface area contributed by atoms with Gasteiger partial charge in [-0.25, -0.2) is 0 Å². The summed E-state index contributed by atoms with van der Waals surface area (Å²) < 4.78 is 11.6. The van der Waals surface area contributed by atoms with Gasteiger partial charge >= 0.3 is 0 Å². The molecule has 0 radical (unpaired) electrons. The van der Waals surface area contributed by atoms with Crippen molar-refractivity contribution in [3.8, 4) is 11.5 Å². The second kappa shape index (κ2) is 12.0. The average molecular weight is 648 g/mol. The largest absolute Gasteiger partial charge is 0.504 e. The highest BCUT2D eigenvalue weighted by molar-refractivity contribution is 6.29. The van der Waals surface area contributed by atoms with E-state index in [2.05, 4.69) is 16.0 Å². The molecule has 47 heavy (non-hydrogen) atoms. The van der Waals surface area contributed by atoms with Gasteiger partial charge in [0.05, 0.1) is 18.8 Å². The third-order valence-electron chi connectivity index (χ3n) is 9.05. The van der Waals surface area contributed by atoms with E-state index in [0.29, 0.717) is 11.3 Å². The zero-order valence-electron chi connectivity index (χ0n) is 24.7. The number of carbonyl (C=O) groups excluding carboxylic acids is 3. The standard InChI is InChI=1S/C32H33N5O10/c33-32-35-29-21(30(45)36-32)34-12-37(29)18-8-4-1-5-13(18)9-14-10-17-20(23(40)16-7-3-2-6-15(16)22(17)39)25(42)28(14)47-31-27(44)26(43)24(41)19(11-38)46-31/h1-8,10,19,21,24,26-27,29,31-32,34-35,38,41-44H,9,11-12,33H2,(H,36,45)/t19-,21-,24-,26+,27-,29+,31+,32+/m0/s1. The van der Waals surface area contributed by atoms with Crippen molar-refractivity contribution in [3.63, 3.8) is 0 Å². The third kappa shape index (κ3) is 5.13. The Balaban J connectivity index is 1.33. The summed E-state index contributed by atoms with van der Waals surface area (Å²) in [5, 5.41) is 61.8. The maximum Gasteiger partial charge on any atom is 0.242 e. The number of nitrogens with one attached hydrogen (secondary N) is 3. The van der Waals surface area contributed by atoms with Crippen LogP contribution in [-0.2, 0) is 16.0 Å². The third-order valence-corrected chi connectivity index (χ3v) is 9.05. The molecule has 3 aromatic carbocycles. The van der Waals surface area contributed by atoms with E-state index < -0.39 is 73.1 Å². The summed E-state index contributed by atoms with van der Waals surface area (Å²) >= 11 is 0. The number of aliphatic hydroxyl groups excluding tert-OH is 4. The first-order valence-corrected chi connectivity index (χ1v) is 15.0. The van der Waals surface area contributed by atoms with Crippen molar-refractivity contribution >= 4 is 23.2 Å². The Morgan fingerprint density at radius 3 is 2.36 bits per heavy atom. The molecule has 0 unspecified atom stereocenters. The Bertz CT molecular complexity index is 1770. The predicted octanol–water partition coefficient (Wildman–Crippen LogP) is -2.04. The number of para-hydroxylation sites is 1. The summed E-state index contributed by atoms with van der Waals surface area (Å²) in [7, 11) is 0. The number of aliphatic hydroxyl groups is 4. The van der Waals surface area contributed by atoms with Gasteiger partial charge in [0, 0.05) is 34.4 Å². The van der Waals surface area contributed by atoms with Crippen molar-refractivity contribution in [2.75, 3.05) is 18.2 Å². The molecule has 3 aromatic rings. The highest BCUT2D eigenvalue weighted by Crippen LogP contribution is 2.44. The number of phenols is 1. The summed E-state index contributed by atoms with van der Waals surface area (Å²) in [5.41, 5.74) is 7.48. The Morgan fingerprint density at radius 1 is 0.915 bits per heavy atom. The van der Waals surface area contributed by atoms with Gasteiger partial charge in [-0.05, 0) is 17.7 Å². The number of ketones is 2.